The maximum atomic E-state index is 11.0. The molecule has 0 saturated carbocycles. The van der Waals surface area contributed by atoms with E-state index >= 15 is 0 Å². The van der Waals surface area contributed by atoms with Gasteiger partial charge in [0.25, 0.3) is 0 Å². The van der Waals surface area contributed by atoms with E-state index in [2.05, 4.69) is 6.92 Å². The van der Waals surface area contributed by atoms with E-state index in [4.69, 9.17) is 0 Å². The lowest BCUT2D eigenvalue weighted by molar-refractivity contribution is 0.101. The number of hydrogen-bond donors (Lipinski definition) is 0. The van der Waals surface area contributed by atoms with E-state index in [1.54, 1.807) is 6.92 Å². The van der Waals surface area contributed by atoms with E-state index in [0.29, 0.717) is 0 Å². The first-order valence-corrected chi connectivity index (χ1v) is 5.13. The van der Waals surface area contributed by atoms with Crippen LogP contribution in [0.5, 0.6) is 0 Å². The molecule has 0 spiro atoms. The van der Waals surface area contributed by atoms with Crippen LogP contribution in [0.2, 0.25) is 0 Å². The molecule has 0 aromatic heterocycles. The molecule has 0 fully saturated rings. The van der Waals surface area contributed by atoms with Gasteiger partial charge in [0.05, 0.1) is 0 Å². The first-order valence-electron chi connectivity index (χ1n) is 5.13. The van der Waals surface area contributed by atoms with Crippen LogP contribution in [0.1, 0.15) is 42.1 Å². The molecule has 1 aromatic rings. The highest BCUT2D eigenvalue weighted by Gasteiger charge is 1.98. The van der Waals surface area contributed by atoms with Gasteiger partial charge in [-0.05, 0) is 25.3 Å². The van der Waals surface area contributed by atoms with Gasteiger partial charge < -0.3 is 0 Å². The maximum Gasteiger partial charge on any atom is 0.159 e. The molecule has 75 valence electrons. The molecular weight excluding hydrogens is 172 g/mol. The average molecular weight is 189 g/mol. The zero-order valence-corrected chi connectivity index (χ0v) is 8.75. The second kappa shape index (κ2) is 5.58. The van der Waals surface area contributed by atoms with Gasteiger partial charge in [0.15, 0.2) is 5.78 Å². The first kappa shape index (κ1) is 11.0. The van der Waals surface area contributed by atoms with E-state index in [1.165, 1.54) is 18.4 Å². The highest BCUT2D eigenvalue weighted by atomic mass is 16.1. The molecular formula is C13H17O. The molecule has 0 atom stereocenters. The van der Waals surface area contributed by atoms with Crippen molar-refractivity contribution in [1.82, 2.24) is 0 Å². The molecule has 0 aliphatic rings. The second-order valence-electron chi connectivity index (χ2n) is 3.56. The van der Waals surface area contributed by atoms with Crippen molar-refractivity contribution in [2.45, 2.75) is 32.6 Å². The van der Waals surface area contributed by atoms with Gasteiger partial charge in [0.1, 0.15) is 0 Å². The van der Waals surface area contributed by atoms with Crippen molar-refractivity contribution in [3.63, 3.8) is 0 Å². The summed E-state index contributed by atoms with van der Waals surface area (Å²) >= 11 is 0. The van der Waals surface area contributed by atoms with E-state index in [0.717, 1.165) is 18.4 Å². The van der Waals surface area contributed by atoms with Gasteiger partial charge in [-0.15, -0.1) is 0 Å². The third-order valence-corrected chi connectivity index (χ3v) is 2.33. The summed E-state index contributed by atoms with van der Waals surface area (Å²) in [6.07, 6.45) is 4.45. The van der Waals surface area contributed by atoms with Gasteiger partial charge in [0, 0.05) is 5.56 Å². The minimum Gasteiger partial charge on any atom is -0.295 e. The van der Waals surface area contributed by atoms with Crippen LogP contribution in [-0.2, 0) is 6.42 Å². The number of benzene rings is 1. The van der Waals surface area contributed by atoms with E-state index in [9.17, 15) is 4.79 Å². The molecule has 0 heterocycles. The summed E-state index contributed by atoms with van der Waals surface area (Å²) in [5.74, 6) is 0.134. The summed E-state index contributed by atoms with van der Waals surface area (Å²) in [5, 5.41) is 0. The van der Waals surface area contributed by atoms with Crippen molar-refractivity contribution < 1.29 is 4.79 Å². The van der Waals surface area contributed by atoms with Crippen LogP contribution in [0, 0.1) is 6.92 Å². The molecule has 1 heteroatoms. The maximum absolute atomic E-state index is 11.0. The van der Waals surface area contributed by atoms with E-state index < -0.39 is 0 Å². The van der Waals surface area contributed by atoms with Crippen LogP contribution >= 0.6 is 0 Å². The Morgan fingerprint density at radius 3 is 2.36 bits per heavy atom. The number of rotatable bonds is 5. The lowest BCUT2D eigenvalue weighted by Crippen LogP contribution is -1.92. The number of carbonyl (C=O) groups is 1. The van der Waals surface area contributed by atoms with Gasteiger partial charge >= 0.3 is 0 Å². The minimum absolute atomic E-state index is 0.134. The lowest BCUT2D eigenvalue weighted by Gasteiger charge is -2.01. The summed E-state index contributed by atoms with van der Waals surface area (Å²) in [7, 11) is 0. The van der Waals surface area contributed by atoms with Crippen LogP contribution in [0.25, 0.3) is 0 Å². The highest BCUT2D eigenvalue weighted by molar-refractivity contribution is 5.93. The third kappa shape index (κ3) is 3.33. The largest absolute Gasteiger partial charge is 0.295 e. The smallest absolute Gasteiger partial charge is 0.159 e. The van der Waals surface area contributed by atoms with Gasteiger partial charge in [-0.1, -0.05) is 44.0 Å². The van der Waals surface area contributed by atoms with Crippen LogP contribution < -0.4 is 0 Å². The Morgan fingerprint density at radius 2 is 1.86 bits per heavy atom. The summed E-state index contributed by atoms with van der Waals surface area (Å²) in [6, 6.07) is 7.89. The molecule has 1 radical (unpaired) electrons. The van der Waals surface area contributed by atoms with Crippen molar-refractivity contribution >= 4 is 5.78 Å². The Hall–Kier alpha value is -1.11. The Morgan fingerprint density at radius 1 is 1.21 bits per heavy atom. The Labute approximate surface area is 86.1 Å². The highest BCUT2D eigenvalue weighted by Crippen LogP contribution is 2.09. The fourth-order valence-corrected chi connectivity index (χ4v) is 1.41. The number of aryl methyl sites for hydroxylation is 1. The Balaban J connectivity index is 2.51. The van der Waals surface area contributed by atoms with Crippen molar-refractivity contribution in [3.8, 4) is 0 Å². The van der Waals surface area contributed by atoms with Crippen LogP contribution in [-0.4, -0.2) is 5.78 Å². The topological polar surface area (TPSA) is 17.1 Å². The molecule has 0 N–H and O–H groups in total. The number of hydrogen-bond acceptors (Lipinski definition) is 1. The summed E-state index contributed by atoms with van der Waals surface area (Å²) in [6.45, 7) is 5.40. The molecule has 0 saturated heterocycles. The molecule has 0 aliphatic heterocycles. The molecule has 1 rings (SSSR count). The van der Waals surface area contributed by atoms with Crippen LogP contribution in [0.4, 0.5) is 0 Å². The van der Waals surface area contributed by atoms with E-state index in [-0.39, 0.29) is 5.78 Å². The quantitative estimate of drug-likeness (QED) is 0.512. The summed E-state index contributed by atoms with van der Waals surface area (Å²) in [5.41, 5.74) is 2.11. The monoisotopic (exact) mass is 189 g/mol. The molecule has 14 heavy (non-hydrogen) atoms. The summed E-state index contributed by atoms with van der Waals surface area (Å²) in [4.78, 5) is 11.0. The molecule has 0 aliphatic carbocycles. The van der Waals surface area contributed by atoms with Crippen LogP contribution in [0.3, 0.4) is 0 Å². The molecule has 1 aromatic carbocycles. The molecule has 0 bridgehead atoms. The number of carbonyl (C=O) groups excluding carboxylic acids is 1. The second-order valence-corrected chi connectivity index (χ2v) is 3.56. The van der Waals surface area contributed by atoms with Crippen molar-refractivity contribution in [2.75, 3.05) is 0 Å². The molecule has 1 nitrogen and oxygen atoms in total. The normalized spacial score (nSPS) is 10.1. The van der Waals surface area contributed by atoms with Gasteiger partial charge in [-0.2, -0.15) is 0 Å². The third-order valence-electron chi connectivity index (χ3n) is 2.33. The van der Waals surface area contributed by atoms with Gasteiger partial charge in [-0.25, -0.2) is 0 Å². The van der Waals surface area contributed by atoms with Gasteiger partial charge in [-0.3, -0.25) is 4.79 Å². The van der Waals surface area contributed by atoms with Crippen molar-refractivity contribution in [2.24, 2.45) is 0 Å². The fraction of sp³-hybridized carbons (Fsp3) is 0.385. The minimum atomic E-state index is 0.134. The number of ketones is 1. The van der Waals surface area contributed by atoms with Crippen molar-refractivity contribution in [1.29, 1.82) is 0 Å². The average Bonchev–Trinajstić information content (AvgIpc) is 2.19. The lowest BCUT2D eigenvalue weighted by atomic mass is 10.0. The first-order chi connectivity index (χ1) is 6.74. The number of unbranched alkanes of at least 4 members (excludes halogenated alkanes) is 2. The number of Topliss-reactive ketones (excluding diaryl/α,β-unsaturated/α-hetero) is 1. The predicted octanol–water partition coefficient (Wildman–Crippen LogP) is 3.44. The van der Waals surface area contributed by atoms with E-state index in [1.807, 2.05) is 24.3 Å². The van der Waals surface area contributed by atoms with Crippen LogP contribution in [0.15, 0.2) is 24.3 Å². The zero-order chi connectivity index (χ0) is 10.4. The Kier molecular flexibility index (Phi) is 4.37. The van der Waals surface area contributed by atoms with Gasteiger partial charge in [0.2, 0.25) is 0 Å². The predicted molar refractivity (Wildman–Crippen MR) is 59.4 cm³/mol. The SMILES string of the molecule is [CH2]CCCCc1ccc(C(C)=O)cc1. The standard InChI is InChI=1S/C13H17O/c1-3-4-5-6-12-7-9-13(10-8-12)11(2)14/h7-10H,1,3-6H2,2H3. The summed E-state index contributed by atoms with van der Waals surface area (Å²) < 4.78 is 0. The van der Waals surface area contributed by atoms with Crippen molar-refractivity contribution in [3.05, 3.63) is 42.3 Å². The Bertz CT molecular complexity index is 285. The fourth-order valence-electron chi connectivity index (χ4n) is 1.41. The molecule has 0 unspecified atom stereocenters. The molecule has 0 amide bonds. The zero-order valence-electron chi connectivity index (χ0n) is 8.75.